The molecule has 0 spiro atoms. The maximum Gasteiger partial charge on any atom is 0.401 e. The van der Waals surface area contributed by atoms with Crippen LogP contribution < -0.4 is 5.32 Å². The van der Waals surface area contributed by atoms with Gasteiger partial charge < -0.3 is 5.32 Å². The van der Waals surface area contributed by atoms with Crippen molar-refractivity contribution in [1.82, 2.24) is 10.2 Å². The normalized spacial score (nSPS) is 13.8. The minimum absolute atomic E-state index is 0.0879. The van der Waals surface area contributed by atoms with E-state index in [1.807, 2.05) is 37.3 Å². The Morgan fingerprint density at radius 2 is 1.84 bits per heavy atom. The summed E-state index contributed by atoms with van der Waals surface area (Å²) in [6.45, 7) is 1.84. The van der Waals surface area contributed by atoms with Crippen molar-refractivity contribution in [2.24, 2.45) is 0 Å². The summed E-state index contributed by atoms with van der Waals surface area (Å²) in [4.78, 5) is 1.45. The lowest BCUT2D eigenvalue weighted by Gasteiger charge is -2.28. The Hall–Kier alpha value is -1.07. The molecule has 0 bridgehead atoms. The smallest absolute Gasteiger partial charge is 0.312 e. The lowest BCUT2D eigenvalue weighted by molar-refractivity contribution is -0.146. The van der Waals surface area contributed by atoms with Gasteiger partial charge in [-0.25, -0.2) is 0 Å². The first-order valence-electron chi connectivity index (χ1n) is 6.47. The summed E-state index contributed by atoms with van der Waals surface area (Å²) >= 11 is 0. The average molecular weight is 274 g/mol. The highest BCUT2D eigenvalue weighted by atomic mass is 19.4. The molecule has 0 aliphatic rings. The third kappa shape index (κ3) is 6.07. The highest BCUT2D eigenvalue weighted by Gasteiger charge is 2.31. The second-order valence-electron chi connectivity index (χ2n) is 4.60. The number of nitrogens with one attached hydrogen (secondary N) is 1. The highest BCUT2D eigenvalue weighted by molar-refractivity contribution is 5.19. The third-order valence-corrected chi connectivity index (χ3v) is 2.93. The van der Waals surface area contributed by atoms with Crippen molar-refractivity contribution in [2.75, 3.05) is 26.7 Å². The van der Waals surface area contributed by atoms with Crippen molar-refractivity contribution in [3.63, 3.8) is 0 Å². The van der Waals surface area contributed by atoms with E-state index in [4.69, 9.17) is 0 Å². The lowest BCUT2D eigenvalue weighted by Crippen LogP contribution is -2.40. The van der Waals surface area contributed by atoms with Crippen molar-refractivity contribution in [1.29, 1.82) is 0 Å². The molecule has 1 N–H and O–H groups in total. The molecule has 19 heavy (non-hydrogen) atoms. The second-order valence-corrected chi connectivity index (χ2v) is 4.60. The first kappa shape index (κ1) is 16.0. The zero-order valence-corrected chi connectivity index (χ0v) is 11.4. The maximum absolute atomic E-state index is 12.5. The summed E-state index contributed by atoms with van der Waals surface area (Å²) in [5.74, 6) is 0. The molecular formula is C14H21F3N2. The fourth-order valence-electron chi connectivity index (χ4n) is 2.11. The first-order chi connectivity index (χ1) is 8.96. The number of benzene rings is 1. The Bertz CT molecular complexity index is 351. The van der Waals surface area contributed by atoms with E-state index in [0.717, 1.165) is 5.56 Å². The molecule has 1 aromatic rings. The van der Waals surface area contributed by atoms with E-state index in [9.17, 15) is 13.2 Å². The predicted octanol–water partition coefficient (Wildman–Crippen LogP) is 3.22. The SMILES string of the molecule is CCCN(CC(NC)c1ccccc1)CC(F)(F)F. The van der Waals surface area contributed by atoms with Crippen LogP contribution in [0.3, 0.4) is 0 Å². The van der Waals surface area contributed by atoms with Gasteiger partial charge in [-0.2, -0.15) is 13.2 Å². The van der Waals surface area contributed by atoms with Crippen LogP contribution in [0, 0.1) is 0 Å². The van der Waals surface area contributed by atoms with Gasteiger partial charge in [-0.05, 0) is 25.6 Å². The number of hydrogen-bond donors (Lipinski definition) is 1. The van der Waals surface area contributed by atoms with Crippen molar-refractivity contribution in [3.05, 3.63) is 35.9 Å². The molecule has 5 heteroatoms. The minimum atomic E-state index is -4.15. The molecule has 0 aliphatic carbocycles. The number of hydrogen-bond acceptors (Lipinski definition) is 2. The van der Waals surface area contributed by atoms with Gasteiger partial charge in [-0.15, -0.1) is 0 Å². The van der Waals surface area contributed by atoms with E-state index in [-0.39, 0.29) is 6.04 Å². The van der Waals surface area contributed by atoms with Crippen LogP contribution in [0.5, 0.6) is 0 Å². The van der Waals surface area contributed by atoms with Crippen LogP contribution in [0.2, 0.25) is 0 Å². The van der Waals surface area contributed by atoms with E-state index in [0.29, 0.717) is 19.5 Å². The van der Waals surface area contributed by atoms with Gasteiger partial charge in [-0.3, -0.25) is 4.90 Å². The number of halogens is 3. The van der Waals surface area contributed by atoms with Crippen LogP contribution >= 0.6 is 0 Å². The van der Waals surface area contributed by atoms with Gasteiger partial charge in [0.15, 0.2) is 0 Å². The highest BCUT2D eigenvalue weighted by Crippen LogP contribution is 2.20. The Kier molecular flexibility index (Phi) is 6.31. The second kappa shape index (κ2) is 7.50. The number of rotatable bonds is 7. The molecule has 0 fully saturated rings. The molecule has 0 aromatic heterocycles. The predicted molar refractivity (Wildman–Crippen MR) is 71.0 cm³/mol. The molecular weight excluding hydrogens is 253 g/mol. The van der Waals surface area contributed by atoms with E-state index < -0.39 is 12.7 Å². The zero-order chi connectivity index (χ0) is 14.3. The van der Waals surface area contributed by atoms with E-state index in [2.05, 4.69) is 5.32 Å². The summed E-state index contributed by atoms with van der Waals surface area (Å²) < 4.78 is 37.6. The van der Waals surface area contributed by atoms with E-state index >= 15 is 0 Å². The summed E-state index contributed by atoms with van der Waals surface area (Å²) in [5, 5.41) is 3.08. The van der Waals surface area contributed by atoms with Gasteiger partial charge in [0.1, 0.15) is 0 Å². The largest absolute Gasteiger partial charge is 0.401 e. The summed E-state index contributed by atoms with van der Waals surface area (Å²) in [6.07, 6.45) is -3.44. The maximum atomic E-state index is 12.5. The van der Waals surface area contributed by atoms with Crippen molar-refractivity contribution < 1.29 is 13.2 Å². The van der Waals surface area contributed by atoms with Crippen LogP contribution in [0.15, 0.2) is 30.3 Å². The average Bonchev–Trinajstić information content (AvgIpc) is 2.35. The quantitative estimate of drug-likeness (QED) is 0.821. The molecule has 2 nitrogen and oxygen atoms in total. The fraction of sp³-hybridized carbons (Fsp3) is 0.571. The monoisotopic (exact) mass is 274 g/mol. The Labute approximate surface area is 112 Å². The third-order valence-electron chi connectivity index (χ3n) is 2.93. The van der Waals surface area contributed by atoms with Crippen molar-refractivity contribution >= 4 is 0 Å². The standard InChI is InChI=1S/C14H21F3N2/c1-3-9-19(11-14(15,16)17)10-13(18-2)12-7-5-4-6-8-12/h4-8,13,18H,3,9-11H2,1-2H3. The van der Waals surface area contributed by atoms with Crippen LogP contribution in [-0.4, -0.2) is 37.8 Å². The molecule has 1 unspecified atom stereocenters. The minimum Gasteiger partial charge on any atom is -0.312 e. The summed E-state index contributed by atoms with van der Waals surface area (Å²) in [5.41, 5.74) is 1.01. The zero-order valence-electron chi connectivity index (χ0n) is 11.4. The Morgan fingerprint density at radius 3 is 2.32 bits per heavy atom. The summed E-state index contributed by atoms with van der Waals surface area (Å²) in [7, 11) is 1.77. The molecule has 0 radical (unpaired) electrons. The molecule has 0 aliphatic heterocycles. The number of nitrogens with zero attached hydrogens (tertiary/aromatic N) is 1. The molecule has 108 valence electrons. The van der Waals surface area contributed by atoms with Crippen LogP contribution in [0.4, 0.5) is 13.2 Å². The number of likely N-dealkylation sites (N-methyl/N-ethyl adjacent to an activating group) is 1. The van der Waals surface area contributed by atoms with E-state index in [1.54, 1.807) is 7.05 Å². The van der Waals surface area contributed by atoms with E-state index in [1.165, 1.54) is 4.90 Å². The molecule has 1 rings (SSSR count). The molecule has 0 saturated carbocycles. The van der Waals surface area contributed by atoms with Crippen LogP contribution in [-0.2, 0) is 0 Å². The van der Waals surface area contributed by atoms with Gasteiger partial charge in [0.25, 0.3) is 0 Å². The fourth-order valence-corrected chi connectivity index (χ4v) is 2.11. The number of alkyl halides is 3. The molecule has 1 atom stereocenters. The van der Waals surface area contributed by atoms with Crippen LogP contribution in [0.25, 0.3) is 0 Å². The van der Waals surface area contributed by atoms with Gasteiger partial charge in [0.05, 0.1) is 6.54 Å². The van der Waals surface area contributed by atoms with Crippen LogP contribution in [0.1, 0.15) is 24.9 Å². The van der Waals surface area contributed by atoms with Gasteiger partial charge >= 0.3 is 6.18 Å². The molecule has 0 heterocycles. The summed E-state index contributed by atoms with van der Waals surface area (Å²) in [6, 6.07) is 9.46. The molecule has 1 aromatic carbocycles. The molecule has 0 amide bonds. The van der Waals surface area contributed by atoms with Crippen molar-refractivity contribution in [2.45, 2.75) is 25.6 Å². The van der Waals surface area contributed by atoms with Gasteiger partial charge in [-0.1, -0.05) is 37.3 Å². The lowest BCUT2D eigenvalue weighted by atomic mass is 10.1. The first-order valence-corrected chi connectivity index (χ1v) is 6.47. The Morgan fingerprint density at radius 1 is 1.21 bits per heavy atom. The van der Waals surface area contributed by atoms with Gasteiger partial charge in [0, 0.05) is 12.6 Å². The molecule has 0 saturated heterocycles. The van der Waals surface area contributed by atoms with Crippen molar-refractivity contribution in [3.8, 4) is 0 Å². The topological polar surface area (TPSA) is 15.3 Å². The Balaban J connectivity index is 2.70. The van der Waals surface area contributed by atoms with Gasteiger partial charge in [0.2, 0.25) is 0 Å².